The van der Waals surface area contributed by atoms with E-state index in [-0.39, 0.29) is 23.1 Å². The smallest absolute Gasteiger partial charge is 0.317 e. The van der Waals surface area contributed by atoms with Gasteiger partial charge in [-0.05, 0) is 38.5 Å². The third kappa shape index (κ3) is 5.83. The molecule has 1 saturated heterocycles. The maximum absolute atomic E-state index is 12.3. The van der Waals surface area contributed by atoms with Crippen molar-refractivity contribution in [2.24, 2.45) is 5.41 Å². The first kappa shape index (κ1) is 18.2. The molecular formula is C16H32N2O3. The lowest BCUT2D eigenvalue weighted by Crippen LogP contribution is -2.47. The summed E-state index contributed by atoms with van der Waals surface area (Å²) in [7, 11) is 3.42. The van der Waals surface area contributed by atoms with Gasteiger partial charge in [0.2, 0.25) is 0 Å². The molecule has 0 radical (unpaired) electrons. The third-order valence-corrected chi connectivity index (χ3v) is 4.17. The van der Waals surface area contributed by atoms with Gasteiger partial charge in [-0.3, -0.25) is 0 Å². The Hall–Kier alpha value is -0.810. The Bertz CT molecular complexity index is 342. The molecule has 0 aromatic carbocycles. The predicted octanol–water partition coefficient (Wildman–Crippen LogP) is 2.65. The number of carbonyl (C=O) groups excluding carboxylic acids is 1. The molecule has 21 heavy (non-hydrogen) atoms. The van der Waals surface area contributed by atoms with E-state index in [1.54, 1.807) is 14.2 Å². The summed E-state index contributed by atoms with van der Waals surface area (Å²) in [5.41, 5.74) is -0.188. The van der Waals surface area contributed by atoms with Crippen molar-refractivity contribution in [3.63, 3.8) is 0 Å². The van der Waals surface area contributed by atoms with Crippen LogP contribution in [0.25, 0.3) is 0 Å². The highest BCUT2D eigenvalue weighted by Crippen LogP contribution is 2.29. The number of carbonyl (C=O) groups is 1. The topological polar surface area (TPSA) is 50.8 Å². The molecule has 124 valence electrons. The van der Waals surface area contributed by atoms with Crippen LogP contribution in [-0.4, -0.2) is 56.5 Å². The first-order valence-corrected chi connectivity index (χ1v) is 7.79. The molecule has 0 aliphatic carbocycles. The molecule has 1 heterocycles. The van der Waals surface area contributed by atoms with Crippen LogP contribution in [0, 0.1) is 5.41 Å². The van der Waals surface area contributed by atoms with E-state index in [9.17, 15) is 4.79 Å². The second kappa shape index (κ2) is 7.45. The van der Waals surface area contributed by atoms with Crippen LogP contribution in [0.1, 0.15) is 47.0 Å². The summed E-state index contributed by atoms with van der Waals surface area (Å²) >= 11 is 0. The molecule has 0 saturated carbocycles. The lowest BCUT2D eigenvalue weighted by molar-refractivity contribution is -0.0125. The lowest BCUT2D eigenvalue weighted by atomic mass is 9.81. The molecule has 5 heteroatoms. The summed E-state index contributed by atoms with van der Waals surface area (Å²) in [6.07, 6.45) is 2.97. The maximum Gasteiger partial charge on any atom is 0.317 e. The van der Waals surface area contributed by atoms with E-state index in [0.717, 1.165) is 25.8 Å². The van der Waals surface area contributed by atoms with Gasteiger partial charge in [0.05, 0.1) is 18.2 Å². The van der Waals surface area contributed by atoms with E-state index in [2.05, 4.69) is 33.0 Å². The largest absolute Gasteiger partial charge is 0.383 e. The Balaban J connectivity index is 2.48. The van der Waals surface area contributed by atoms with Crippen LogP contribution >= 0.6 is 0 Å². The molecule has 1 fully saturated rings. The minimum atomic E-state index is -0.180. The molecule has 2 amide bonds. The fourth-order valence-corrected chi connectivity index (χ4v) is 3.17. The molecule has 1 rings (SSSR count). The Morgan fingerprint density at radius 1 is 1.29 bits per heavy atom. The number of hydrogen-bond donors (Lipinski definition) is 1. The Labute approximate surface area is 129 Å². The number of rotatable bonds is 7. The maximum atomic E-state index is 12.3. The monoisotopic (exact) mass is 300 g/mol. The van der Waals surface area contributed by atoms with Gasteiger partial charge in [-0.1, -0.05) is 13.8 Å². The van der Waals surface area contributed by atoms with E-state index in [1.165, 1.54) is 0 Å². The van der Waals surface area contributed by atoms with Gasteiger partial charge in [-0.25, -0.2) is 4.79 Å². The lowest BCUT2D eigenvalue weighted by Gasteiger charge is -2.35. The summed E-state index contributed by atoms with van der Waals surface area (Å²) in [4.78, 5) is 14.2. The zero-order chi connectivity index (χ0) is 16.1. The van der Waals surface area contributed by atoms with Crippen molar-refractivity contribution >= 4 is 6.03 Å². The quantitative estimate of drug-likeness (QED) is 0.786. The number of nitrogens with zero attached hydrogens (tertiary/aromatic N) is 1. The summed E-state index contributed by atoms with van der Waals surface area (Å²) in [5, 5.41) is 3.08. The second-order valence-corrected chi connectivity index (χ2v) is 7.41. The molecule has 0 spiro atoms. The van der Waals surface area contributed by atoms with Crippen LogP contribution in [0.2, 0.25) is 0 Å². The average Bonchev–Trinajstić information content (AvgIpc) is 2.84. The van der Waals surface area contributed by atoms with Crippen LogP contribution in [0.15, 0.2) is 0 Å². The molecule has 1 aliphatic rings. The van der Waals surface area contributed by atoms with E-state index in [4.69, 9.17) is 9.47 Å². The van der Waals surface area contributed by atoms with Crippen LogP contribution in [0.4, 0.5) is 4.79 Å². The highest BCUT2D eigenvalue weighted by atomic mass is 16.5. The summed E-state index contributed by atoms with van der Waals surface area (Å²) < 4.78 is 10.7. The normalized spacial score (nSPS) is 19.9. The Kier molecular flexibility index (Phi) is 6.47. The molecule has 1 unspecified atom stereocenters. The van der Waals surface area contributed by atoms with Gasteiger partial charge >= 0.3 is 6.03 Å². The summed E-state index contributed by atoms with van der Waals surface area (Å²) in [5.74, 6) is 0. The van der Waals surface area contributed by atoms with E-state index < -0.39 is 0 Å². The highest BCUT2D eigenvalue weighted by Gasteiger charge is 2.32. The summed E-state index contributed by atoms with van der Waals surface area (Å²) in [6, 6.07) is 0.242. The molecule has 5 nitrogen and oxygen atoms in total. The van der Waals surface area contributed by atoms with Gasteiger partial charge in [-0.15, -0.1) is 0 Å². The number of amides is 2. The standard InChI is InChI=1S/C16H32N2O3/c1-15(2,11-16(3,4)21-6)12-17-14(19)18-9-7-8-13(18)10-20-5/h13H,7-12H2,1-6H3,(H,17,19). The highest BCUT2D eigenvalue weighted by molar-refractivity contribution is 5.74. The minimum Gasteiger partial charge on any atom is -0.383 e. The zero-order valence-corrected chi connectivity index (χ0v) is 14.5. The fourth-order valence-electron chi connectivity index (χ4n) is 3.17. The van der Waals surface area contributed by atoms with Gasteiger partial charge in [0.1, 0.15) is 0 Å². The third-order valence-electron chi connectivity index (χ3n) is 4.17. The molecular weight excluding hydrogens is 268 g/mol. The number of nitrogens with one attached hydrogen (secondary N) is 1. The van der Waals surface area contributed by atoms with Crippen LogP contribution < -0.4 is 5.32 Å². The number of likely N-dealkylation sites (tertiary alicyclic amines) is 1. The van der Waals surface area contributed by atoms with Gasteiger partial charge in [0, 0.05) is 27.3 Å². The predicted molar refractivity (Wildman–Crippen MR) is 84.5 cm³/mol. The van der Waals surface area contributed by atoms with Gasteiger partial charge < -0.3 is 19.7 Å². The van der Waals surface area contributed by atoms with Crippen molar-refractivity contribution in [2.75, 3.05) is 33.9 Å². The minimum absolute atomic E-state index is 0.00829. The molecule has 0 aromatic rings. The zero-order valence-electron chi connectivity index (χ0n) is 14.5. The SMILES string of the molecule is COCC1CCCN1C(=O)NCC(C)(C)CC(C)(C)OC. The molecule has 1 atom stereocenters. The fraction of sp³-hybridized carbons (Fsp3) is 0.938. The van der Waals surface area contributed by atoms with Crippen molar-refractivity contribution in [3.8, 4) is 0 Å². The second-order valence-electron chi connectivity index (χ2n) is 7.41. The molecule has 1 aliphatic heterocycles. The van der Waals surface area contributed by atoms with Crippen LogP contribution in [0.3, 0.4) is 0 Å². The molecule has 0 bridgehead atoms. The number of ether oxygens (including phenoxy) is 2. The van der Waals surface area contributed by atoms with Gasteiger partial charge in [0.25, 0.3) is 0 Å². The van der Waals surface area contributed by atoms with Gasteiger partial charge in [0.15, 0.2) is 0 Å². The van der Waals surface area contributed by atoms with Gasteiger partial charge in [-0.2, -0.15) is 0 Å². The van der Waals surface area contributed by atoms with Crippen molar-refractivity contribution in [1.29, 1.82) is 0 Å². The Morgan fingerprint density at radius 2 is 1.95 bits per heavy atom. The summed E-state index contributed by atoms with van der Waals surface area (Å²) in [6.45, 7) is 10.6. The van der Waals surface area contributed by atoms with Crippen molar-refractivity contribution in [3.05, 3.63) is 0 Å². The average molecular weight is 300 g/mol. The number of urea groups is 1. The van der Waals surface area contributed by atoms with E-state index in [0.29, 0.717) is 13.2 Å². The first-order valence-electron chi connectivity index (χ1n) is 7.79. The van der Waals surface area contributed by atoms with Crippen LogP contribution in [-0.2, 0) is 9.47 Å². The van der Waals surface area contributed by atoms with Crippen molar-refractivity contribution < 1.29 is 14.3 Å². The number of hydrogen-bond acceptors (Lipinski definition) is 3. The van der Waals surface area contributed by atoms with Crippen molar-refractivity contribution in [1.82, 2.24) is 10.2 Å². The Morgan fingerprint density at radius 3 is 2.52 bits per heavy atom. The molecule has 1 N–H and O–H groups in total. The van der Waals surface area contributed by atoms with Crippen molar-refractivity contribution in [2.45, 2.75) is 58.6 Å². The van der Waals surface area contributed by atoms with E-state index >= 15 is 0 Å². The first-order chi connectivity index (χ1) is 9.71. The number of methoxy groups -OCH3 is 2. The van der Waals surface area contributed by atoms with E-state index in [1.807, 2.05) is 4.90 Å². The van der Waals surface area contributed by atoms with Crippen LogP contribution in [0.5, 0.6) is 0 Å². The molecule has 0 aromatic heterocycles.